The SMILES string of the molecule is Cc1c(O[Si](C)(C)C(C)(C)C)cnc(C(=O)O)c1CBr. The summed E-state index contributed by atoms with van der Waals surface area (Å²) in [6, 6.07) is 0. The second kappa shape index (κ2) is 5.85. The number of aromatic carboxylic acids is 1. The molecule has 0 fully saturated rings. The number of hydrogen-bond donors (Lipinski definition) is 1. The van der Waals surface area contributed by atoms with Crippen molar-refractivity contribution in [3.63, 3.8) is 0 Å². The molecule has 0 atom stereocenters. The first-order valence-electron chi connectivity index (χ1n) is 6.48. The molecule has 1 heterocycles. The first-order valence-corrected chi connectivity index (χ1v) is 10.5. The van der Waals surface area contributed by atoms with E-state index < -0.39 is 14.3 Å². The highest BCUT2D eigenvalue weighted by Gasteiger charge is 2.39. The van der Waals surface area contributed by atoms with Crippen LogP contribution in [0.25, 0.3) is 0 Å². The second-order valence-electron chi connectivity index (χ2n) is 6.38. The second-order valence-corrected chi connectivity index (χ2v) is 11.7. The van der Waals surface area contributed by atoms with E-state index in [1.54, 1.807) is 0 Å². The zero-order valence-electron chi connectivity index (χ0n) is 12.9. The van der Waals surface area contributed by atoms with Crippen LogP contribution < -0.4 is 4.43 Å². The van der Waals surface area contributed by atoms with Crippen LogP contribution in [0.2, 0.25) is 18.1 Å². The average Bonchev–Trinajstić information content (AvgIpc) is 2.29. The molecule has 1 rings (SSSR count). The molecule has 0 bridgehead atoms. The van der Waals surface area contributed by atoms with E-state index in [1.165, 1.54) is 6.20 Å². The lowest BCUT2D eigenvalue weighted by Crippen LogP contribution is -2.44. The Morgan fingerprint density at radius 3 is 2.40 bits per heavy atom. The molecule has 1 aromatic rings. The van der Waals surface area contributed by atoms with Crippen LogP contribution in [0.5, 0.6) is 5.75 Å². The van der Waals surface area contributed by atoms with Gasteiger partial charge < -0.3 is 9.53 Å². The Morgan fingerprint density at radius 2 is 2.00 bits per heavy atom. The van der Waals surface area contributed by atoms with Gasteiger partial charge in [0.05, 0.1) is 6.20 Å². The molecule has 6 heteroatoms. The molecule has 0 spiro atoms. The summed E-state index contributed by atoms with van der Waals surface area (Å²) in [5.74, 6) is -0.322. The lowest BCUT2D eigenvalue weighted by atomic mass is 10.1. The Balaban J connectivity index is 3.26. The van der Waals surface area contributed by atoms with Crippen molar-refractivity contribution in [3.8, 4) is 5.75 Å². The van der Waals surface area contributed by atoms with Gasteiger partial charge >= 0.3 is 5.97 Å². The molecular formula is C14H22BrNO3Si. The van der Waals surface area contributed by atoms with Gasteiger partial charge in [-0.2, -0.15) is 0 Å². The van der Waals surface area contributed by atoms with E-state index in [2.05, 4.69) is 54.8 Å². The topological polar surface area (TPSA) is 59.4 Å². The summed E-state index contributed by atoms with van der Waals surface area (Å²) in [7, 11) is -1.96. The molecule has 0 amide bonds. The number of carboxylic acid groups (broad SMARTS) is 1. The van der Waals surface area contributed by atoms with Crippen molar-refractivity contribution >= 4 is 30.2 Å². The van der Waals surface area contributed by atoms with Crippen LogP contribution >= 0.6 is 15.9 Å². The van der Waals surface area contributed by atoms with Gasteiger partial charge in [0.2, 0.25) is 0 Å². The number of aromatic nitrogens is 1. The molecule has 0 aromatic carbocycles. The van der Waals surface area contributed by atoms with E-state index in [-0.39, 0.29) is 10.7 Å². The van der Waals surface area contributed by atoms with Crippen LogP contribution in [0.4, 0.5) is 0 Å². The molecule has 1 N–H and O–H groups in total. The Bertz CT molecular complexity index is 524. The number of carboxylic acids is 1. The zero-order chi connectivity index (χ0) is 15.7. The fraction of sp³-hybridized carbons (Fsp3) is 0.571. The minimum absolute atomic E-state index is 0.0828. The lowest BCUT2D eigenvalue weighted by Gasteiger charge is -2.37. The Kier molecular flexibility index (Phi) is 5.02. The van der Waals surface area contributed by atoms with E-state index in [9.17, 15) is 4.79 Å². The van der Waals surface area contributed by atoms with Gasteiger partial charge in [-0.1, -0.05) is 36.7 Å². The maximum absolute atomic E-state index is 11.2. The Morgan fingerprint density at radius 1 is 1.45 bits per heavy atom. The molecule has 0 radical (unpaired) electrons. The smallest absolute Gasteiger partial charge is 0.354 e. The van der Waals surface area contributed by atoms with Gasteiger partial charge in [-0.15, -0.1) is 0 Å². The maximum Gasteiger partial charge on any atom is 0.354 e. The van der Waals surface area contributed by atoms with Crippen LogP contribution in [0.1, 0.15) is 42.4 Å². The largest absolute Gasteiger partial charge is 0.542 e. The van der Waals surface area contributed by atoms with Crippen LogP contribution in [0.15, 0.2) is 6.20 Å². The highest BCUT2D eigenvalue weighted by atomic mass is 79.9. The first-order chi connectivity index (χ1) is 9.01. The summed E-state index contributed by atoms with van der Waals surface area (Å²) in [5.41, 5.74) is 1.61. The molecular weight excluding hydrogens is 338 g/mol. The molecule has 0 unspecified atom stereocenters. The molecule has 0 aliphatic rings. The summed E-state index contributed by atoms with van der Waals surface area (Å²) in [5, 5.41) is 9.69. The first kappa shape index (κ1) is 17.2. The predicted molar refractivity (Wildman–Crippen MR) is 86.4 cm³/mol. The van der Waals surface area contributed by atoms with Gasteiger partial charge in [-0.05, 0) is 30.6 Å². The highest BCUT2D eigenvalue weighted by molar-refractivity contribution is 9.08. The van der Waals surface area contributed by atoms with Crippen molar-refractivity contribution in [3.05, 3.63) is 23.0 Å². The third kappa shape index (κ3) is 3.41. The number of pyridine rings is 1. The molecule has 0 saturated carbocycles. The van der Waals surface area contributed by atoms with Crippen molar-refractivity contribution in [2.75, 3.05) is 0 Å². The lowest BCUT2D eigenvalue weighted by molar-refractivity contribution is 0.0689. The fourth-order valence-corrected chi connectivity index (χ4v) is 3.25. The number of carbonyl (C=O) groups is 1. The Labute approximate surface area is 129 Å². The van der Waals surface area contributed by atoms with Gasteiger partial charge in [0.1, 0.15) is 5.75 Å². The van der Waals surface area contributed by atoms with Crippen molar-refractivity contribution in [1.29, 1.82) is 0 Å². The number of rotatable bonds is 4. The van der Waals surface area contributed by atoms with Crippen molar-refractivity contribution in [2.24, 2.45) is 0 Å². The molecule has 4 nitrogen and oxygen atoms in total. The van der Waals surface area contributed by atoms with E-state index in [1.807, 2.05) is 6.92 Å². The predicted octanol–water partition coefficient (Wildman–Crippen LogP) is 4.37. The van der Waals surface area contributed by atoms with Gasteiger partial charge in [0, 0.05) is 10.9 Å². The van der Waals surface area contributed by atoms with Gasteiger partial charge in [0.25, 0.3) is 8.32 Å². The standard InChI is InChI=1S/C14H22BrNO3Si/c1-9-10(7-15)12(13(17)18)16-8-11(9)19-20(5,6)14(2,3)4/h8H,7H2,1-6H3,(H,17,18). The van der Waals surface area contributed by atoms with E-state index in [4.69, 9.17) is 9.53 Å². The highest BCUT2D eigenvalue weighted by Crippen LogP contribution is 2.38. The third-order valence-corrected chi connectivity index (χ3v) is 8.83. The fourth-order valence-electron chi connectivity index (χ4n) is 1.50. The van der Waals surface area contributed by atoms with Crippen molar-refractivity contribution < 1.29 is 14.3 Å². The van der Waals surface area contributed by atoms with Gasteiger partial charge in [-0.3, -0.25) is 0 Å². The molecule has 112 valence electrons. The quantitative estimate of drug-likeness (QED) is 0.640. The molecule has 0 saturated heterocycles. The average molecular weight is 360 g/mol. The normalized spacial score (nSPS) is 12.3. The summed E-state index contributed by atoms with van der Waals surface area (Å²) >= 11 is 3.33. The number of alkyl halides is 1. The Hall–Kier alpha value is -0.883. The van der Waals surface area contributed by atoms with Gasteiger partial charge in [-0.25, -0.2) is 9.78 Å². The molecule has 0 aliphatic carbocycles. The number of nitrogens with zero attached hydrogens (tertiary/aromatic N) is 1. The number of hydrogen-bond acceptors (Lipinski definition) is 3. The summed E-state index contributed by atoms with van der Waals surface area (Å²) in [4.78, 5) is 15.2. The minimum atomic E-state index is -1.96. The number of halogens is 1. The van der Waals surface area contributed by atoms with Crippen LogP contribution in [0.3, 0.4) is 0 Å². The van der Waals surface area contributed by atoms with Crippen LogP contribution in [-0.2, 0) is 5.33 Å². The maximum atomic E-state index is 11.2. The van der Waals surface area contributed by atoms with E-state index in [0.717, 1.165) is 5.56 Å². The van der Waals surface area contributed by atoms with Crippen molar-refractivity contribution in [2.45, 2.75) is 51.2 Å². The van der Waals surface area contributed by atoms with Crippen LogP contribution in [-0.4, -0.2) is 24.4 Å². The summed E-state index contributed by atoms with van der Waals surface area (Å²) in [6.07, 6.45) is 1.53. The monoisotopic (exact) mass is 359 g/mol. The van der Waals surface area contributed by atoms with Gasteiger partial charge in [0.15, 0.2) is 5.69 Å². The van der Waals surface area contributed by atoms with E-state index >= 15 is 0 Å². The van der Waals surface area contributed by atoms with Crippen molar-refractivity contribution in [1.82, 2.24) is 4.98 Å². The molecule has 1 aromatic heterocycles. The van der Waals surface area contributed by atoms with E-state index in [0.29, 0.717) is 16.6 Å². The van der Waals surface area contributed by atoms with Crippen LogP contribution in [0, 0.1) is 6.92 Å². The molecule has 20 heavy (non-hydrogen) atoms. The zero-order valence-corrected chi connectivity index (χ0v) is 15.5. The third-order valence-electron chi connectivity index (χ3n) is 3.93. The minimum Gasteiger partial charge on any atom is -0.542 e. The summed E-state index contributed by atoms with van der Waals surface area (Å²) < 4.78 is 6.24. The summed E-state index contributed by atoms with van der Waals surface area (Å²) in [6.45, 7) is 12.7. The molecule has 0 aliphatic heterocycles.